The fourth-order valence-electron chi connectivity index (χ4n) is 2.16. The highest BCUT2D eigenvalue weighted by molar-refractivity contribution is 9.10. The Morgan fingerprint density at radius 3 is 2.71 bits per heavy atom. The van der Waals surface area contributed by atoms with Crippen LogP contribution in [-0.2, 0) is 0 Å². The average molecular weight is 275 g/mol. The van der Waals surface area contributed by atoms with E-state index in [9.17, 15) is 0 Å². The van der Waals surface area contributed by atoms with Crippen LogP contribution in [0.15, 0.2) is 16.7 Å². The Labute approximate surface area is 98.0 Å². The van der Waals surface area contributed by atoms with E-state index in [1.165, 1.54) is 37.7 Å². The number of halogens is 2. The van der Waals surface area contributed by atoms with Crippen LogP contribution in [0.2, 0.25) is 5.15 Å². The van der Waals surface area contributed by atoms with Crippen molar-refractivity contribution in [3.63, 3.8) is 0 Å². The molecule has 0 radical (unpaired) electrons. The Hall–Kier alpha value is -0.0800. The SMILES string of the molecule is Clc1nccc(C2CCCCC2)c1Br. The largest absolute Gasteiger partial charge is 0.243 e. The number of aromatic nitrogens is 1. The van der Waals surface area contributed by atoms with Crippen LogP contribution in [-0.4, -0.2) is 4.98 Å². The van der Waals surface area contributed by atoms with Crippen LogP contribution in [0.3, 0.4) is 0 Å². The van der Waals surface area contributed by atoms with E-state index in [4.69, 9.17) is 11.6 Å². The maximum Gasteiger partial charge on any atom is 0.143 e. The van der Waals surface area contributed by atoms with Gasteiger partial charge in [0.2, 0.25) is 0 Å². The van der Waals surface area contributed by atoms with Gasteiger partial charge < -0.3 is 0 Å². The monoisotopic (exact) mass is 273 g/mol. The summed E-state index contributed by atoms with van der Waals surface area (Å²) in [5.74, 6) is 0.679. The molecule has 2 rings (SSSR count). The molecule has 0 atom stereocenters. The molecule has 1 aliphatic carbocycles. The van der Waals surface area contributed by atoms with Gasteiger partial charge in [0.15, 0.2) is 0 Å². The summed E-state index contributed by atoms with van der Waals surface area (Å²) in [6.07, 6.45) is 8.45. The van der Waals surface area contributed by atoms with Gasteiger partial charge in [-0.1, -0.05) is 30.9 Å². The maximum absolute atomic E-state index is 5.98. The zero-order valence-corrected chi connectivity index (χ0v) is 10.3. The van der Waals surface area contributed by atoms with Crippen molar-refractivity contribution in [2.45, 2.75) is 38.0 Å². The van der Waals surface area contributed by atoms with Crippen LogP contribution in [0.1, 0.15) is 43.6 Å². The molecule has 3 heteroatoms. The number of hydrogen-bond donors (Lipinski definition) is 0. The lowest BCUT2D eigenvalue weighted by molar-refractivity contribution is 0.442. The molecular weight excluding hydrogens is 261 g/mol. The number of pyridine rings is 1. The zero-order valence-electron chi connectivity index (χ0n) is 7.97. The highest BCUT2D eigenvalue weighted by Gasteiger charge is 2.18. The average Bonchev–Trinajstić information content (AvgIpc) is 2.23. The second-order valence-corrected chi connectivity index (χ2v) is 4.99. The molecule has 0 spiro atoms. The van der Waals surface area contributed by atoms with Gasteiger partial charge in [0.1, 0.15) is 5.15 Å². The Morgan fingerprint density at radius 2 is 2.00 bits per heavy atom. The van der Waals surface area contributed by atoms with E-state index in [0.717, 1.165) is 4.47 Å². The molecule has 1 heterocycles. The molecule has 1 nitrogen and oxygen atoms in total. The lowest BCUT2D eigenvalue weighted by atomic mass is 9.84. The van der Waals surface area contributed by atoms with Crippen molar-refractivity contribution in [1.82, 2.24) is 4.98 Å². The second kappa shape index (κ2) is 4.63. The lowest BCUT2D eigenvalue weighted by Gasteiger charge is -2.22. The van der Waals surface area contributed by atoms with E-state index in [-0.39, 0.29) is 0 Å². The van der Waals surface area contributed by atoms with Crippen LogP contribution in [0.25, 0.3) is 0 Å². The molecule has 14 heavy (non-hydrogen) atoms. The number of hydrogen-bond acceptors (Lipinski definition) is 1. The smallest absolute Gasteiger partial charge is 0.143 e. The quantitative estimate of drug-likeness (QED) is 0.685. The molecule has 0 saturated heterocycles. The minimum Gasteiger partial charge on any atom is -0.243 e. The molecule has 0 unspecified atom stereocenters. The Kier molecular flexibility index (Phi) is 3.45. The van der Waals surface area contributed by atoms with Crippen molar-refractivity contribution >= 4 is 27.5 Å². The molecular formula is C11H13BrClN. The molecule has 1 aromatic rings. The normalized spacial score (nSPS) is 18.4. The highest BCUT2D eigenvalue weighted by atomic mass is 79.9. The third kappa shape index (κ3) is 2.12. The first-order valence-corrected chi connectivity index (χ1v) is 6.26. The van der Waals surface area contributed by atoms with Gasteiger partial charge in [-0.3, -0.25) is 0 Å². The zero-order chi connectivity index (χ0) is 9.97. The van der Waals surface area contributed by atoms with Crippen molar-refractivity contribution in [1.29, 1.82) is 0 Å². The highest BCUT2D eigenvalue weighted by Crippen LogP contribution is 2.37. The molecule has 76 valence electrons. The first-order valence-electron chi connectivity index (χ1n) is 5.09. The van der Waals surface area contributed by atoms with Crippen molar-refractivity contribution in [2.24, 2.45) is 0 Å². The van der Waals surface area contributed by atoms with Crippen molar-refractivity contribution in [2.75, 3.05) is 0 Å². The van der Waals surface area contributed by atoms with E-state index in [2.05, 4.69) is 27.0 Å². The van der Waals surface area contributed by atoms with Crippen molar-refractivity contribution in [3.05, 3.63) is 27.5 Å². The van der Waals surface area contributed by atoms with Crippen LogP contribution >= 0.6 is 27.5 Å². The van der Waals surface area contributed by atoms with Crippen molar-refractivity contribution in [3.8, 4) is 0 Å². The summed E-state index contributed by atoms with van der Waals surface area (Å²) in [4.78, 5) is 4.05. The first kappa shape index (κ1) is 10.4. The molecule has 1 fully saturated rings. The van der Waals surface area contributed by atoms with Crippen LogP contribution in [0, 0.1) is 0 Å². The number of rotatable bonds is 1. The van der Waals surface area contributed by atoms with E-state index < -0.39 is 0 Å². The molecule has 0 aliphatic heterocycles. The van der Waals surface area contributed by atoms with Gasteiger partial charge in [0, 0.05) is 6.20 Å². The van der Waals surface area contributed by atoms with E-state index in [0.29, 0.717) is 11.1 Å². The van der Waals surface area contributed by atoms with Gasteiger partial charge in [-0.2, -0.15) is 0 Å². The molecule has 0 aromatic carbocycles. The van der Waals surface area contributed by atoms with Crippen molar-refractivity contribution < 1.29 is 0 Å². The molecule has 0 bridgehead atoms. The van der Waals surface area contributed by atoms with Gasteiger partial charge in [0.25, 0.3) is 0 Å². The van der Waals surface area contributed by atoms with Crippen LogP contribution < -0.4 is 0 Å². The Morgan fingerprint density at radius 1 is 1.29 bits per heavy atom. The third-order valence-electron chi connectivity index (χ3n) is 2.92. The molecule has 1 saturated carbocycles. The molecule has 1 aromatic heterocycles. The fraction of sp³-hybridized carbons (Fsp3) is 0.545. The minimum atomic E-state index is 0.591. The van der Waals surface area contributed by atoms with Gasteiger partial charge >= 0.3 is 0 Å². The van der Waals surface area contributed by atoms with E-state index in [1.807, 2.05) is 0 Å². The predicted octanol–water partition coefficient (Wildman–Crippen LogP) is 4.55. The van der Waals surface area contributed by atoms with Gasteiger partial charge in [-0.05, 0) is 46.3 Å². The van der Waals surface area contributed by atoms with Gasteiger partial charge in [-0.25, -0.2) is 4.98 Å². The number of nitrogens with zero attached hydrogens (tertiary/aromatic N) is 1. The fourth-order valence-corrected chi connectivity index (χ4v) is 2.88. The summed E-state index contributed by atoms with van der Waals surface area (Å²) in [5, 5.41) is 0.591. The summed E-state index contributed by atoms with van der Waals surface area (Å²) in [5.41, 5.74) is 1.34. The summed E-state index contributed by atoms with van der Waals surface area (Å²) < 4.78 is 0.994. The third-order valence-corrected chi connectivity index (χ3v) is 4.27. The Balaban J connectivity index is 2.26. The molecule has 0 N–H and O–H groups in total. The lowest BCUT2D eigenvalue weighted by Crippen LogP contribution is -2.05. The minimum absolute atomic E-state index is 0.591. The molecule has 0 amide bonds. The maximum atomic E-state index is 5.98. The van der Waals surface area contributed by atoms with Gasteiger partial charge in [0.05, 0.1) is 4.47 Å². The summed E-state index contributed by atoms with van der Waals surface area (Å²) in [6.45, 7) is 0. The van der Waals surface area contributed by atoms with Crippen LogP contribution in [0.5, 0.6) is 0 Å². The standard InChI is InChI=1S/C11H13BrClN/c12-10-9(6-7-14-11(10)13)8-4-2-1-3-5-8/h6-8H,1-5H2. The van der Waals surface area contributed by atoms with E-state index in [1.54, 1.807) is 6.20 Å². The van der Waals surface area contributed by atoms with Crippen LogP contribution in [0.4, 0.5) is 0 Å². The van der Waals surface area contributed by atoms with E-state index >= 15 is 0 Å². The predicted molar refractivity (Wildman–Crippen MR) is 62.8 cm³/mol. The molecule has 1 aliphatic rings. The Bertz CT molecular complexity index is 321. The first-order chi connectivity index (χ1) is 6.79. The second-order valence-electron chi connectivity index (χ2n) is 3.84. The van der Waals surface area contributed by atoms with Gasteiger partial charge in [-0.15, -0.1) is 0 Å². The summed E-state index contributed by atoms with van der Waals surface area (Å²) in [6, 6.07) is 2.09. The topological polar surface area (TPSA) is 12.9 Å². The summed E-state index contributed by atoms with van der Waals surface area (Å²) in [7, 11) is 0. The summed E-state index contributed by atoms with van der Waals surface area (Å²) >= 11 is 9.50.